The predicted molar refractivity (Wildman–Crippen MR) is 121 cm³/mol. The summed E-state index contributed by atoms with van der Waals surface area (Å²) in [4.78, 5) is 24.1. The predicted octanol–water partition coefficient (Wildman–Crippen LogP) is 4.52. The van der Waals surface area contributed by atoms with Gasteiger partial charge < -0.3 is 9.47 Å². The first-order valence-corrected chi connectivity index (χ1v) is 11.5. The number of ether oxygens (including phenoxy) is 2. The Morgan fingerprint density at radius 2 is 1.92 bits per heavy atom. The van der Waals surface area contributed by atoms with Crippen molar-refractivity contribution < 1.29 is 36.2 Å². The first-order chi connectivity index (χ1) is 17.6. The molecule has 2 aliphatic rings. The minimum Gasteiger partial charge on any atom is -0.486 e. The van der Waals surface area contributed by atoms with Crippen LogP contribution in [0.1, 0.15) is 34.5 Å². The van der Waals surface area contributed by atoms with Crippen molar-refractivity contribution in [3.05, 3.63) is 53.7 Å². The fraction of sp³-hybridized carbons (Fsp3) is 0.417. The summed E-state index contributed by atoms with van der Waals surface area (Å²) in [6.45, 7) is 0.329. The van der Waals surface area contributed by atoms with Crippen LogP contribution >= 0.6 is 0 Å². The lowest BCUT2D eigenvalue weighted by molar-refractivity contribution is -0.142. The Labute approximate surface area is 208 Å². The van der Waals surface area contributed by atoms with Gasteiger partial charge in [0.1, 0.15) is 18.9 Å². The van der Waals surface area contributed by atoms with Gasteiger partial charge in [-0.05, 0) is 24.6 Å². The Balaban J connectivity index is 1.57. The molecule has 0 bridgehead atoms. The molecule has 0 atom stereocenters. The molecule has 5 rings (SSSR count). The highest BCUT2D eigenvalue weighted by Gasteiger charge is 2.53. The van der Waals surface area contributed by atoms with E-state index in [4.69, 9.17) is 14.5 Å². The third kappa shape index (κ3) is 4.75. The number of hydrogen-bond donors (Lipinski definition) is 0. The van der Waals surface area contributed by atoms with E-state index in [2.05, 4.69) is 10.1 Å². The van der Waals surface area contributed by atoms with Crippen molar-refractivity contribution in [1.29, 1.82) is 0 Å². The maximum absolute atomic E-state index is 13.7. The van der Waals surface area contributed by atoms with Crippen molar-refractivity contribution in [2.75, 3.05) is 24.7 Å². The number of anilines is 1. The number of aromatic nitrogens is 4. The van der Waals surface area contributed by atoms with Crippen molar-refractivity contribution >= 4 is 11.6 Å². The van der Waals surface area contributed by atoms with Crippen LogP contribution in [-0.4, -0.2) is 58.1 Å². The molecule has 1 fully saturated rings. The molecule has 0 aromatic carbocycles. The summed E-state index contributed by atoms with van der Waals surface area (Å²) in [5.41, 5.74) is 1.71. The number of fused-ring (bicyclic) bond motifs is 2. The summed E-state index contributed by atoms with van der Waals surface area (Å²) in [7, 11) is 0. The van der Waals surface area contributed by atoms with Gasteiger partial charge in [0.25, 0.3) is 12.3 Å². The number of carbonyl (C=O) groups is 1. The number of hydrogen-bond acceptors (Lipinski definition) is 6. The van der Waals surface area contributed by atoms with Crippen LogP contribution in [0, 0.1) is 6.92 Å². The second-order valence-corrected chi connectivity index (χ2v) is 8.96. The van der Waals surface area contributed by atoms with E-state index in [-0.39, 0.29) is 17.3 Å². The monoisotopic (exact) mass is 523 g/mol. The molecular weight excluding hydrogens is 501 g/mol. The van der Waals surface area contributed by atoms with Crippen LogP contribution in [0.15, 0.2) is 36.9 Å². The number of amides is 1. The minimum absolute atomic E-state index is 0.147. The largest absolute Gasteiger partial charge is 0.486 e. The molecule has 3 aromatic heterocycles. The van der Waals surface area contributed by atoms with Gasteiger partial charge in [0, 0.05) is 44.0 Å². The lowest BCUT2D eigenvalue weighted by atomic mass is 9.85. The molecule has 0 unspecified atom stereocenters. The SMILES string of the molecule is Cc1cc(-c2cncc(OCC(F)F)c2)nc2c1C(=O)N(c1cnn(CC(F)(F)F)c1)C21CCOCC1. The standard InChI is InChI=1S/C24H22F5N5O3/c1-14-6-18(15-7-17(10-30-8-15)37-12-19(25)26)32-21-20(14)22(35)34(23(21)2-4-36-5-3-23)16-9-31-33(11-16)13-24(27,28)29/h6-11,19H,2-5,12-13H2,1H3. The topological polar surface area (TPSA) is 82.4 Å². The van der Waals surface area contributed by atoms with E-state index in [1.807, 2.05) is 0 Å². The maximum atomic E-state index is 13.7. The first-order valence-electron chi connectivity index (χ1n) is 11.5. The summed E-state index contributed by atoms with van der Waals surface area (Å²) in [6, 6.07) is 3.23. The van der Waals surface area contributed by atoms with Crippen LogP contribution in [0.4, 0.5) is 27.6 Å². The van der Waals surface area contributed by atoms with Gasteiger partial charge in [-0.1, -0.05) is 0 Å². The fourth-order valence-electron chi connectivity index (χ4n) is 4.91. The Kier molecular flexibility index (Phi) is 6.34. The quantitative estimate of drug-likeness (QED) is 0.442. The van der Waals surface area contributed by atoms with E-state index in [0.29, 0.717) is 54.1 Å². The maximum Gasteiger partial charge on any atom is 0.408 e. The van der Waals surface area contributed by atoms with Crippen LogP contribution in [0.3, 0.4) is 0 Å². The Bertz CT molecular complexity index is 1320. The number of aryl methyl sites for hydroxylation is 1. The lowest BCUT2D eigenvalue weighted by Gasteiger charge is -2.40. The molecular formula is C24H22F5N5O3. The van der Waals surface area contributed by atoms with Gasteiger partial charge in [0.05, 0.1) is 40.6 Å². The number of carbonyl (C=O) groups excluding carboxylic acids is 1. The number of halogens is 5. The van der Waals surface area contributed by atoms with E-state index in [1.165, 1.54) is 35.8 Å². The molecule has 1 saturated heterocycles. The highest BCUT2D eigenvalue weighted by atomic mass is 19.4. The Morgan fingerprint density at radius 1 is 1.16 bits per heavy atom. The fourth-order valence-corrected chi connectivity index (χ4v) is 4.91. The van der Waals surface area contributed by atoms with Crippen molar-refractivity contribution in [1.82, 2.24) is 19.7 Å². The molecule has 13 heteroatoms. The number of rotatable bonds is 6. The number of nitrogens with zero attached hydrogens (tertiary/aromatic N) is 5. The van der Waals surface area contributed by atoms with Crippen molar-refractivity contribution in [2.45, 2.75) is 44.5 Å². The van der Waals surface area contributed by atoms with Crippen LogP contribution in [0.5, 0.6) is 5.75 Å². The van der Waals surface area contributed by atoms with E-state index < -0.39 is 31.3 Å². The highest BCUT2D eigenvalue weighted by Crippen LogP contribution is 2.49. The molecule has 2 aliphatic heterocycles. The zero-order valence-electron chi connectivity index (χ0n) is 19.6. The molecule has 1 amide bonds. The molecule has 5 heterocycles. The number of alkyl halides is 5. The van der Waals surface area contributed by atoms with Crippen molar-refractivity contribution in [2.24, 2.45) is 0 Å². The van der Waals surface area contributed by atoms with Crippen LogP contribution in [-0.2, 0) is 16.8 Å². The van der Waals surface area contributed by atoms with Crippen molar-refractivity contribution in [3.8, 4) is 17.0 Å². The van der Waals surface area contributed by atoms with Crippen molar-refractivity contribution in [3.63, 3.8) is 0 Å². The molecule has 0 saturated carbocycles. The van der Waals surface area contributed by atoms with E-state index in [0.717, 1.165) is 4.68 Å². The normalized spacial score (nSPS) is 17.1. The van der Waals surface area contributed by atoms with Gasteiger partial charge >= 0.3 is 6.18 Å². The van der Waals surface area contributed by atoms with E-state index in [9.17, 15) is 26.7 Å². The molecule has 0 radical (unpaired) electrons. The van der Waals surface area contributed by atoms with Crippen LogP contribution in [0.2, 0.25) is 0 Å². The summed E-state index contributed by atoms with van der Waals surface area (Å²) in [5, 5.41) is 3.82. The average molecular weight is 523 g/mol. The van der Waals surface area contributed by atoms with E-state index >= 15 is 0 Å². The molecule has 8 nitrogen and oxygen atoms in total. The van der Waals surface area contributed by atoms with Gasteiger partial charge in [-0.25, -0.2) is 13.8 Å². The van der Waals surface area contributed by atoms with Crippen LogP contribution in [0.25, 0.3) is 11.3 Å². The molecule has 37 heavy (non-hydrogen) atoms. The summed E-state index contributed by atoms with van der Waals surface area (Å²) >= 11 is 0. The molecule has 196 valence electrons. The van der Waals surface area contributed by atoms with Gasteiger partial charge in [-0.2, -0.15) is 18.3 Å². The Morgan fingerprint density at radius 3 is 2.62 bits per heavy atom. The van der Waals surface area contributed by atoms with Crippen LogP contribution < -0.4 is 9.64 Å². The van der Waals surface area contributed by atoms with E-state index in [1.54, 1.807) is 13.0 Å². The van der Waals surface area contributed by atoms with Gasteiger partial charge in [0.15, 0.2) is 0 Å². The summed E-state index contributed by atoms with van der Waals surface area (Å²) < 4.78 is 75.3. The molecule has 0 N–H and O–H groups in total. The summed E-state index contributed by atoms with van der Waals surface area (Å²) in [6.07, 6.45) is -1.08. The highest BCUT2D eigenvalue weighted by molar-refractivity contribution is 6.12. The lowest BCUT2D eigenvalue weighted by Crippen LogP contribution is -2.48. The second kappa shape index (κ2) is 9.36. The third-order valence-corrected chi connectivity index (χ3v) is 6.43. The van der Waals surface area contributed by atoms with Gasteiger partial charge in [-0.3, -0.25) is 19.4 Å². The average Bonchev–Trinajstić information content (AvgIpc) is 3.37. The van der Waals surface area contributed by atoms with Gasteiger partial charge in [0.2, 0.25) is 0 Å². The zero-order chi connectivity index (χ0) is 26.4. The number of pyridine rings is 2. The molecule has 1 spiro atoms. The minimum atomic E-state index is -4.47. The third-order valence-electron chi connectivity index (χ3n) is 6.43. The molecule has 3 aromatic rings. The molecule has 0 aliphatic carbocycles. The zero-order valence-corrected chi connectivity index (χ0v) is 19.6. The first kappa shape index (κ1) is 25.1. The van der Waals surface area contributed by atoms with Gasteiger partial charge in [-0.15, -0.1) is 0 Å². The Hall–Kier alpha value is -3.61. The smallest absolute Gasteiger partial charge is 0.408 e. The summed E-state index contributed by atoms with van der Waals surface area (Å²) in [5.74, 6) is -0.236. The second-order valence-electron chi connectivity index (χ2n) is 8.96.